The molecule has 0 saturated carbocycles. The number of hydrogen-bond acceptors (Lipinski definition) is 4. The number of fused-ring (bicyclic) bond motifs is 1. The van der Waals surface area contributed by atoms with E-state index in [-0.39, 0.29) is 24.4 Å². The highest BCUT2D eigenvalue weighted by atomic mass is 16.2. The Morgan fingerprint density at radius 3 is 2.78 bits per heavy atom. The summed E-state index contributed by atoms with van der Waals surface area (Å²) in [5.74, 6) is 0.0544. The summed E-state index contributed by atoms with van der Waals surface area (Å²) < 4.78 is 1.28. The van der Waals surface area contributed by atoms with E-state index < -0.39 is 0 Å². The van der Waals surface area contributed by atoms with Gasteiger partial charge in [-0.2, -0.15) is 0 Å². The van der Waals surface area contributed by atoms with Crippen LogP contribution in [-0.2, 0) is 11.3 Å². The lowest BCUT2D eigenvalue weighted by Gasteiger charge is -2.28. The number of rotatable bonds is 3. The molecule has 0 bridgehead atoms. The summed E-state index contributed by atoms with van der Waals surface area (Å²) in [5.41, 5.74) is 3.00. The first kappa shape index (κ1) is 15.4. The van der Waals surface area contributed by atoms with Gasteiger partial charge in [0.05, 0.1) is 11.9 Å². The molecule has 1 amide bonds. The highest BCUT2D eigenvalue weighted by Gasteiger charge is 2.19. The van der Waals surface area contributed by atoms with Gasteiger partial charge in [-0.15, -0.1) is 5.10 Å². The molecular formula is C17H20N4O2. The molecule has 1 aliphatic heterocycles. The van der Waals surface area contributed by atoms with Gasteiger partial charge in [-0.3, -0.25) is 9.59 Å². The maximum atomic E-state index is 12.3. The van der Waals surface area contributed by atoms with Crippen molar-refractivity contribution in [3.05, 3.63) is 45.8 Å². The summed E-state index contributed by atoms with van der Waals surface area (Å²) in [7, 11) is 0. The fourth-order valence-corrected chi connectivity index (χ4v) is 2.76. The van der Waals surface area contributed by atoms with Crippen molar-refractivity contribution in [2.75, 3.05) is 13.1 Å². The van der Waals surface area contributed by atoms with E-state index in [1.165, 1.54) is 15.8 Å². The minimum atomic E-state index is -0.200. The monoisotopic (exact) mass is 312 g/mol. The lowest BCUT2D eigenvalue weighted by molar-refractivity contribution is -0.131. The molecule has 0 N–H and O–H groups in total. The summed E-state index contributed by atoms with van der Waals surface area (Å²) >= 11 is 0. The number of carbonyl (C=O) groups excluding carboxylic acids is 1. The predicted octanol–water partition coefficient (Wildman–Crippen LogP) is 1.75. The molecule has 0 radical (unpaired) electrons. The fraction of sp³-hybridized carbons (Fsp3) is 0.412. The van der Waals surface area contributed by atoms with E-state index in [1.54, 1.807) is 18.2 Å². The highest BCUT2D eigenvalue weighted by Crippen LogP contribution is 2.17. The van der Waals surface area contributed by atoms with E-state index in [2.05, 4.69) is 24.2 Å². The average molecular weight is 312 g/mol. The topological polar surface area (TPSA) is 68.1 Å². The molecule has 2 aromatic rings. The van der Waals surface area contributed by atoms with E-state index in [4.69, 9.17) is 0 Å². The van der Waals surface area contributed by atoms with Gasteiger partial charge in [0.25, 0.3) is 5.56 Å². The number of carbonyl (C=O) groups is 1. The van der Waals surface area contributed by atoms with E-state index in [1.807, 2.05) is 11.0 Å². The summed E-state index contributed by atoms with van der Waals surface area (Å²) in [4.78, 5) is 26.5. The van der Waals surface area contributed by atoms with Gasteiger partial charge in [-0.25, -0.2) is 4.68 Å². The second kappa shape index (κ2) is 6.32. The van der Waals surface area contributed by atoms with E-state index in [0.29, 0.717) is 17.4 Å². The molecule has 1 aliphatic rings. The third kappa shape index (κ3) is 3.16. The smallest absolute Gasteiger partial charge is 0.277 e. The van der Waals surface area contributed by atoms with E-state index >= 15 is 0 Å². The summed E-state index contributed by atoms with van der Waals surface area (Å²) in [6.45, 7) is 5.87. The third-order valence-electron chi connectivity index (χ3n) is 4.43. The first-order valence-electron chi connectivity index (χ1n) is 7.82. The highest BCUT2D eigenvalue weighted by molar-refractivity contribution is 5.77. The summed E-state index contributed by atoms with van der Waals surface area (Å²) in [6, 6.07) is 7.10. The third-order valence-corrected chi connectivity index (χ3v) is 4.43. The maximum absolute atomic E-state index is 12.3. The van der Waals surface area contributed by atoms with E-state index in [0.717, 1.165) is 13.0 Å². The second-order valence-corrected chi connectivity index (χ2v) is 6.01. The molecule has 0 aliphatic carbocycles. The van der Waals surface area contributed by atoms with Crippen LogP contribution < -0.4 is 5.56 Å². The number of amides is 1. The Morgan fingerprint density at radius 2 is 2.00 bits per heavy atom. The molecule has 0 spiro atoms. The maximum Gasteiger partial charge on any atom is 0.277 e. The van der Waals surface area contributed by atoms with Crippen LogP contribution in [0.1, 0.15) is 26.7 Å². The van der Waals surface area contributed by atoms with Crippen LogP contribution in [0.25, 0.3) is 10.9 Å². The van der Waals surface area contributed by atoms with Crippen molar-refractivity contribution < 1.29 is 4.79 Å². The minimum absolute atomic E-state index is 0.0544. The molecule has 0 fully saturated rings. The molecule has 120 valence electrons. The Bertz CT molecular complexity index is 838. The number of aryl methyl sites for hydroxylation is 1. The lowest BCUT2D eigenvalue weighted by Crippen LogP contribution is -2.37. The van der Waals surface area contributed by atoms with Gasteiger partial charge in [0, 0.05) is 19.5 Å². The molecule has 6 nitrogen and oxygen atoms in total. The zero-order valence-electron chi connectivity index (χ0n) is 13.5. The molecular weight excluding hydrogens is 292 g/mol. The minimum Gasteiger partial charge on any atom is -0.338 e. The van der Waals surface area contributed by atoms with Gasteiger partial charge < -0.3 is 4.90 Å². The molecule has 1 aromatic heterocycles. The molecule has 3 rings (SSSR count). The largest absolute Gasteiger partial charge is 0.338 e. The van der Waals surface area contributed by atoms with Crippen molar-refractivity contribution in [1.82, 2.24) is 19.9 Å². The first-order valence-corrected chi connectivity index (χ1v) is 7.82. The van der Waals surface area contributed by atoms with Crippen LogP contribution in [0.4, 0.5) is 0 Å². The Balaban J connectivity index is 1.70. The van der Waals surface area contributed by atoms with Gasteiger partial charge in [-0.1, -0.05) is 28.5 Å². The lowest BCUT2D eigenvalue weighted by atomic mass is 10.0. The normalized spacial score (nSPS) is 15.3. The van der Waals surface area contributed by atoms with Crippen LogP contribution in [0.3, 0.4) is 0 Å². The molecule has 1 aromatic carbocycles. The van der Waals surface area contributed by atoms with Gasteiger partial charge >= 0.3 is 0 Å². The number of benzene rings is 1. The van der Waals surface area contributed by atoms with Gasteiger partial charge in [0.15, 0.2) is 0 Å². The van der Waals surface area contributed by atoms with Gasteiger partial charge in [-0.05, 0) is 32.4 Å². The Labute approximate surface area is 134 Å². The van der Waals surface area contributed by atoms with E-state index in [9.17, 15) is 9.59 Å². The van der Waals surface area contributed by atoms with Crippen LogP contribution in [0, 0.1) is 0 Å². The molecule has 0 unspecified atom stereocenters. The molecule has 0 saturated heterocycles. The molecule has 2 heterocycles. The van der Waals surface area contributed by atoms with Crippen molar-refractivity contribution in [3.63, 3.8) is 0 Å². The van der Waals surface area contributed by atoms with Crippen LogP contribution in [0.2, 0.25) is 0 Å². The van der Waals surface area contributed by atoms with Crippen LogP contribution >= 0.6 is 0 Å². The van der Waals surface area contributed by atoms with Crippen LogP contribution in [0.5, 0.6) is 0 Å². The SMILES string of the molecule is CC1=C(C)CN(C(=O)CCn2nnc3ccccc3c2=O)CC1. The number of nitrogens with zero attached hydrogens (tertiary/aromatic N) is 4. The molecule has 6 heteroatoms. The molecule has 0 atom stereocenters. The van der Waals surface area contributed by atoms with Gasteiger partial charge in [0.1, 0.15) is 5.52 Å². The zero-order chi connectivity index (χ0) is 16.4. The number of hydrogen-bond donors (Lipinski definition) is 0. The van der Waals surface area contributed by atoms with Crippen molar-refractivity contribution in [2.45, 2.75) is 33.2 Å². The zero-order valence-corrected chi connectivity index (χ0v) is 13.5. The average Bonchev–Trinajstić information content (AvgIpc) is 2.57. The number of aromatic nitrogens is 3. The van der Waals surface area contributed by atoms with Crippen molar-refractivity contribution in [1.29, 1.82) is 0 Å². The standard InChI is InChI=1S/C17H20N4O2/c1-12-7-9-20(11-13(12)2)16(22)8-10-21-17(23)14-5-3-4-6-15(14)18-19-21/h3-6H,7-11H2,1-2H3. The van der Waals surface area contributed by atoms with Crippen LogP contribution in [0.15, 0.2) is 40.2 Å². The van der Waals surface area contributed by atoms with Crippen molar-refractivity contribution in [2.24, 2.45) is 0 Å². The Morgan fingerprint density at radius 1 is 1.22 bits per heavy atom. The Kier molecular flexibility index (Phi) is 4.23. The molecule has 23 heavy (non-hydrogen) atoms. The second-order valence-electron chi connectivity index (χ2n) is 6.01. The fourth-order valence-electron chi connectivity index (χ4n) is 2.76. The quantitative estimate of drug-likeness (QED) is 0.810. The Hall–Kier alpha value is -2.50. The summed E-state index contributed by atoms with van der Waals surface area (Å²) in [5, 5.41) is 8.49. The first-order chi connectivity index (χ1) is 11.1. The summed E-state index contributed by atoms with van der Waals surface area (Å²) in [6.07, 6.45) is 1.19. The van der Waals surface area contributed by atoms with Crippen molar-refractivity contribution in [3.8, 4) is 0 Å². The predicted molar refractivity (Wildman–Crippen MR) is 88.0 cm³/mol. The van der Waals surface area contributed by atoms with Gasteiger partial charge in [0.2, 0.25) is 5.91 Å². The van der Waals surface area contributed by atoms with Crippen LogP contribution in [-0.4, -0.2) is 38.9 Å². The van der Waals surface area contributed by atoms with Crippen molar-refractivity contribution >= 4 is 16.8 Å².